The zero-order valence-electron chi connectivity index (χ0n) is 11.3. The second-order valence-corrected chi connectivity index (χ2v) is 4.78. The molecule has 2 rings (SSSR count). The fourth-order valence-corrected chi connectivity index (χ4v) is 2.70. The van der Waals surface area contributed by atoms with Crippen LogP contribution < -0.4 is 0 Å². The number of nitrogens with zero attached hydrogens (tertiary/aromatic N) is 2. The summed E-state index contributed by atoms with van der Waals surface area (Å²) in [6.45, 7) is 0.463. The molecule has 20 heavy (non-hydrogen) atoms. The molecule has 1 aromatic rings. The number of nitriles is 1. The normalized spacial score (nSPS) is 21.3. The summed E-state index contributed by atoms with van der Waals surface area (Å²) in [6, 6.07) is 10.8. The molecule has 1 aliphatic heterocycles. The molecule has 0 aromatic heterocycles. The molecule has 1 atom stereocenters. The summed E-state index contributed by atoms with van der Waals surface area (Å²) in [5, 5.41) is 9.01. The summed E-state index contributed by atoms with van der Waals surface area (Å²) in [7, 11) is 1.28. The molecule has 0 saturated carbocycles. The van der Waals surface area contributed by atoms with Crippen LogP contribution in [-0.4, -0.2) is 36.0 Å². The number of methoxy groups -OCH3 is 1. The van der Waals surface area contributed by atoms with E-state index in [1.54, 1.807) is 24.3 Å². The number of likely N-dealkylation sites (tertiary alicyclic amines) is 1. The predicted octanol–water partition coefficient (Wildman–Crippen LogP) is 1.75. The van der Waals surface area contributed by atoms with Gasteiger partial charge in [-0.25, -0.2) is 4.79 Å². The van der Waals surface area contributed by atoms with Crippen LogP contribution in [0.4, 0.5) is 0 Å². The topological polar surface area (TPSA) is 70.4 Å². The summed E-state index contributed by atoms with van der Waals surface area (Å²) in [4.78, 5) is 26.2. The van der Waals surface area contributed by atoms with Gasteiger partial charge in [0.1, 0.15) is 0 Å². The van der Waals surface area contributed by atoms with Crippen molar-refractivity contribution >= 4 is 11.9 Å². The summed E-state index contributed by atoms with van der Waals surface area (Å²) in [6.07, 6.45) is 1.11. The van der Waals surface area contributed by atoms with E-state index >= 15 is 0 Å². The van der Waals surface area contributed by atoms with Crippen molar-refractivity contribution in [3.05, 3.63) is 35.9 Å². The summed E-state index contributed by atoms with van der Waals surface area (Å²) >= 11 is 0. The van der Waals surface area contributed by atoms with Crippen molar-refractivity contribution in [3.63, 3.8) is 0 Å². The second-order valence-electron chi connectivity index (χ2n) is 4.78. The van der Waals surface area contributed by atoms with Crippen molar-refractivity contribution in [3.8, 4) is 6.07 Å². The van der Waals surface area contributed by atoms with Gasteiger partial charge in [-0.2, -0.15) is 5.26 Å². The van der Waals surface area contributed by atoms with Gasteiger partial charge in [-0.15, -0.1) is 0 Å². The van der Waals surface area contributed by atoms with Gasteiger partial charge < -0.3 is 9.64 Å². The molecule has 1 saturated heterocycles. The van der Waals surface area contributed by atoms with E-state index in [0.29, 0.717) is 24.9 Å². The van der Waals surface area contributed by atoms with Crippen molar-refractivity contribution in [1.82, 2.24) is 4.90 Å². The minimum Gasteiger partial charge on any atom is -0.467 e. The Labute approximate surface area is 117 Å². The van der Waals surface area contributed by atoms with Crippen LogP contribution in [-0.2, 0) is 9.53 Å². The molecule has 1 heterocycles. The largest absolute Gasteiger partial charge is 0.467 e. The molecule has 1 amide bonds. The van der Waals surface area contributed by atoms with Gasteiger partial charge in [0.15, 0.2) is 5.54 Å². The number of hydrogen-bond acceptors (Lipinski definition) is 4. The smallest absolute Gasteiger partial charge is 0.332 e. The molecule has 0 spiro atoms. The Morgan fingerprint density at radius 2 is 2.10 bits per heavy atom. The molecular weight excluding hydrogens is 256 g/mol. The van der Waals surface area contributed by atoms with E-state index in [1.165, 1.54) is 12.0 Å². The molecule has 0 bridgehead atoms. The van der Waals surface area contributed by atoms with Gasteiger partial charge in [0, 0.05) is 12.1 Å². The number of carbonyl (C=O) groups excluding carboxylic acids is 2. The van der Waals surface area contributed by atoms with Crippen molar-refractivity contribution in [2.75, 3.05) is 13.7 Å². The first-order chi connectivity index (χ1) is 9.65. The van der Waals surface area contributed by atoms with Crippen LogP contribution in [0.15, 0.2) is 30.3 Å². The lowest BCUT2D eigenvalue weighted by Crippen LogP contribution is -2.53. The van der Waals surface area contributed by atoms with Crippen LogP contribution in [0, 0.1) is 11.3 Å². The molecule has 0 radical (unpaired) electrons. The maximum atomic E-state index is 12.6. The van der Waals surface area contributed by atoms with E-state index in [9.17, 15) is 9.59 Å². The van der Waals surface area contributed by atoms with E-state index in [1.807, 2.05) is 12.1 Å². The minimum atomic E-state index is -1.14. The predicted molar refractivity (Wildman–Crippen MR) is 71.7 cm³/mol. The monoisotopic (exact) mass is 272 g/mol. The fraction of sp³-hybridized carbons (Fsp3) is 0.400. The third-order valence-corrected chi connectivity index (χ3v) is 3.69. The number of esters is 1. The van der Waals surface area contributed by atoms with E-state index in [-0.39, 0.29) is 12.3 Å². The van der Waals surface area contributed by atoms with Gasteiger partial charge in [-0.3, -0.25) is 4.79 Å². The molecular formula is C15H16N2O3. The number of ether oxygens (including phenoxy) is 1. The molecule has 5 nitrogen and oxygen atoms in total. The van der Waals surface area contributed by atoms with Gasteiger partial charge in [0.2, 0.25) is 0 Å². The molecule has 0 unspecified atom stereocenters. The van der Waals surface area contributed by atoms with Crippen LogP contribution in [0.25, 0.3) is 0 Å². The number of hydrogen-bond donors (Lipinski definition) is 0. The van der Waals surface area contributed by atoms with Crippen LogP contribution in [0.5, 0.6) is 0 Å². The third-order valence-electron chi connectivity index (χ3n) is 3.69. The number of carbonyl (C=O) groups is 2. The molecule has 1 aliphatic rings. The summed E-state index contributed by atoms with van der Waals surface area (Å²) in [5.74, 6) is -0.746. The Morgan fingerprint density at radius 3 is 2.70 bits per heavy atom. The van der Waals surface area contributed by atoms with Gasteiger partial charge in [0.05, 0.1) is 19.6 Å². The standard InChI is InChI=1S/C15H16N2O3/c1-20-14(19)15(9-10-16)8-5-11-17(15)13(18)12-6-3-2-4-7-12/h2-4,6-7H,5,8-9,11H2,1H3/t15-/m1/s1. The summed E-state index contributed by atoms with van der Waals surface area (Å²) in [5.41, 5.74) is -0.628. The van der Waals surface area contributed by atoms with Gasteiger partial charge in [-0.05, 0) is 25.0 Å². The van der Waals surface area contributed by atoms with Crippen LogP contribution in [0.3, 0.4) is 0 Å². The molecule has 1 aromatic carbocycles. The highest BCUT2D eigenvalue weighted by Crippen LogP contribution is 2.34. The minimum absolute atomic E-state index is 0.0434. The fourth-order valence-electron chi connectivity index (χ4n) is 2.70. The molecule has 0 aliphatic carbocycles. The zero-order valence-corrected chi connectivity index (χ0v) is 11.3. The quantitative estimate of drug-likeness (QED) is 0.786. The highest BCUT2D eigenvalue weighted by molar-refractivity contribution is 5.98. The van der Waals surface area contributed by atoms with Crippen molar-refractivity contribution in [2.24, 2.45) is 0 Å². The Bertz CT molecular complexity index is 550. The maximum absolute atomic E-state index is 12.6. The highest BCUT2D eigenvalue weighted by Gasteiger charge is 2.50. The Kier molecular flexibility index (Phi) is 4.04. The molecule has 5 heteroatoms. The Morgan fingerprint density at radius 1 is 1.40 bits per heavy atom. The van der Waals surface area contributed by atoms with Crippen LogP contribution in [0.2, 0.25) is 0 Å². The van der Waals surface area contributed by atoms with Crippen LogP contribution >= 0.6 is 0 Å². The van der Waals surface area contributed by atoms with E-state index in [2.05, 4.69) is 0 Å². The first-order valence-electron chi connectivity index (χ1n) is 6.48. The highest BCUT2D eigenvalue weighted by atomic mass is 16.5. The van der Waals surface area contributed by atoms with Gasteiger partial charge in [-0.1, -0.05) is 18.2 Å². The lowest BCUT2D eigenvalue weighted by atomic mass is 9.92. The second kappa shape index (κ2) is 5.74. The zero-order chi connectivity index (χ0) is 14.6. The van der Waals surface area contributed by atoms with Gasteiger partial charge >= 0.3 is 5.97 Å². The third kappa shape index (κ3) is 2.25. The Hall–Kier alpha value is -2.35. The SMILES string of the molecule is COC(=O)[C@]1(CC#N)CCCN1C(=O)c1ccccc1. The first kappa shape index (κ1) is 14.1. The lowest BCUT2D eigenvalue weighted by Gasteiger charge is -2.34. The number of amides is 1. The lowest BCUT2D eigenvalue weighted by molar-refractivity contribution is -0.151. The van der Waals surface area contributed by atoms with Crippen molar-refractivity contribution in [1.29, 1.82) is 5.26 Å². The number of benzene rings is 1. The van der Waals surface area contributed by atoms with E-state index < -0.39 is 11.5 Å². The number of rotatable bonds is 3. The first-order valence-corrected chi connectivity index (χ1v) is 6.48. The average Bonchev–Trinajstić information content (AvgIpc) is 2.91. The van der Waals surface area contributed by atoms with E-state index in [4.69, 9.17) is 10.00 Å². The average molecular weight is 272 g/mol. The molecule has 104 valence electrons. The molecule has 0 N–H and O–H groups in total. The summed E-state index contributed by atoms with van der Waals surface area (Å²) < 4.78 is 4.82. The maximum Gasteiger partial charge on any atom is 0.332 e. The Balaban J connectivity index is 2.36. The molecule has 1 fully saturated rings. The van der Waals surface area contributed by atoms with Crippen molar-refractivity contribution < 1.29 is 14.3 Å². The van der Waals surface area contributed by atoms with Gasteiger partial charge in [0.25, 0.3) is 5.91 Å². The van der Waals surface area contributed by atoms with Crippen molar-refractivity contribution in [2.45, 2.75) is 24.8 Å². The van der Waals surface area contributed by atoms with Crippen LogP contribution in [0.1, 0.15) is 29.6 Å². The van der Waals surface area contributed by atoms with E-state index in [0.717, 1.165) is 0 Å².